The van der Waals surface area contributed by atoms with Crippen LogP contribution in [0, 0.1) is 17.0 Å². The number of pyridine rings is 1. The number of aromatic nitrogens is 1. The standard InChI is InChI=1S/C22H23N3O4/c1-14-8-7-12-23-20(14)19-18(15(2)24-16(3)21(19)25(27)28)22(26)29-13-11-17-9-5-4-6-10-17/h4-10,12,19,24H,11,13H2,1-3H3. The molecule has 29 heavy (non-hydrogen) atoms. The van der Waals surface area contributed by atoms with Gasteiger partial charge in [-0.3, -0.25) is 15.1 Å². The van der Waals surface area contributed by atoms with E-state index in [9.17, 15) is 14.9 Å². The van der Waals surface area contributed by atoms with Gasteiger partial charge in [0.2, 0.25) is 0 Å². The van der Waals surface area contributed by atoms with Crippen LogP contribution in [-0.2, 0) is 16.0 Å². The molecule has 150 valence electrons. The first-order chi connectivity index (χ1) is 13.9. The lowest BCUT2D eigenvalue weighted by Gasteiger charge is -2.26. The largest absolute Gasteiger partial charge is 0.462 e. The molecule has 2 heterocycles. The van der Waals surface area contributed by atoms with E-state index >= 15 is 0 Å². The summed E-state index contributed by atoms with van der Waals surface area (Å²) < 4.78 is 5.50. The van der Waals surface area contributed by atoms with Gasteiger partial charge >= 0.3 is 5.97 Å². The van der Waals surface area contributed by atoms with E-state index < -0.39 is 16.8 Å². The van der Waals surface area contributed by atoms with Crippen molar-refractivity contribution in [1.82, 2.24) is 10.3 Å². The first-order valence-electron chi connectivity index (χ1n) is 9.35. The Morgan fingerprint density at radius 3 is 2.52 bits per heavy atom. The van der Waals surface area contributed by atoms with Crippen molar-refractivity contribution in [2.24, 2.45) is 0 Å². The molecule has 1 aromatic heterocycles. The summed E-state index contributed by atoms with van der Waals surface area (Å²) in [4.78, 5) is 28.7. The maximum atomic E-state index is 13.0. The molecule has 2 aromatic rings. The molecule has 1 aromatic carbocycles. The summed E-state index contributed by atoms with van der Waals surface area (Å²) in [7, 11) is 0. The van der Waals surface area contributed by atoms with Gasteiger partial charge in [-0.25, -0.2) is 4.79 Å². The number of nitrogens with one attached hydrogen (secondary N) is 1. The van der Waals surface area contributed by atoms with Gasteiger partial charge in [0, 0.05) is 18.3 Å². The molecule has 0 radical (unpaired) electrons. The minimum absolute atomic E-state index is 0.0904. The number of rotatable bonds is 6. The second kappa shape index (κ2) is 8.68. The second-order valence-corrected chi connectivity index (χ2v) is 6.94. The fourth-order valence-electron chi connectivity index (χ4n) is 3.55. The van der Waals surface area contributed by atoms with Crippen LogP contribution in [0.1, 0.15) is 36.6 Å². The third kappa shape index (κ3) is 4.34. The van der Waals surface area contributed by atoms with E-state index in [-0.39, 0.29) is 17.9 Å². The monoisotopic (exact) mass is 393 g/mol. The van der Waals surface area contributed by atoms with Gasteiger partial charge in [0.25, 0.3) is 5.70 Å². The van der Waals surface area contributed by atoms with E-state index in [0.29, 0.717) is 23.5 Å². The third-order valence-corrected chi connectivity index (χ3v) is 4.93. The number of dihydropyridines is 1. The topological polar surface area (TPSA) is 94.4 Å². The fraction of sp³-hybridized carbons (Fsp3) is 0.273. The van der Waals surface area contributed by atoms with E-state index in [1.807, 2.05) is 43.3 Å². The predicted octanol–water partition coefficient (Wildman–Crippen LogP) is 3.64. The van der Waals surface area contributed by atoms with E-state index in [1.165, 1.54) is 0 Å². The molecule has 7 heteroatoms. The van der Waals surface area contributed by atoms with Crippen LogP contribution in [0.15, 0.2) is 71.3 Å². The van der Waals surface area contributed by atoms with Gasteiger partial charge < -0.3 is 10.1 Å². The van der Waals surface area contributed by atoms with Gasteiger partial charge in [0.1, 0.15) is 5.92 Å². The van der Waals surface area contributed by atoms with Gasteiger partial charge in [0.05, 0.1) is 28.5 Å². The second-order valence-electron chi connectivity index (χ2n) is 6.94. The zero-order valence-electron chi connectivity index (χ0n) is 16.6. The molecule has 1 unspecified atom stereocenters. The zero-order chi connectivity index (χ0) is 21.0. The smallest absolute Gasteiger partial charge is 0.337 e. The van der Waals surface area contributed by atoms with Gasteiger partial charge in [-0.15, -0.1) is 0 Å². The summed E-state index contributed by atoms with van der Waals surface area (Å²) in [6, 6.07) is 13.3. The van der Waals surface area contributed by atoms with Crippen molar-refractivity contribution in [3.63, 3.8) is 0 Å². The summed E-state index contributed by atoms with van der Waals surface area (Å²) >= 11 is 0. The normalized spacial score (nSPS) is 16.4. The number of allylic oxidation sites excluding steroid dienone is 3. The van der Waals surface area contributed by atoms with E-state index in [4.69, 9.17) is 4.74 Å². The number of carbonyl (C=O) groups is 1. The Balaban J connectivity index is 1.91. The Morgan fingerprint density at radius 1 is 1.14 bits per heavy atom. The Labute approximate surface area is 169 Å². The van der Waals surface area contributed by atoms with Crippen LogP contribution >= 0.6 is 0 Å². The van der Waals surface area contributed by atoms with Crippen LogP contribution < -0.4 is 5.32 Å². The summed E-state index contributed by atoms with van der Waals surface area (Å²) in [5, 5.41) is 14.8. The van der Waals surface area contributed by atoms with Gasteiger partial charge in [0.15, 0.2) is 0 Å². The van der Waals surface area contributed by atoms with Crippen LogP contribution in [0.4, 0.5) is 0 Å². The quantitative estimate of drug-likeness (QED) is 0.457. The Hall–Kier alpha value is -3.48. The number of benzene rings is 1. The molecule has 0 aliphatic carbocycles. The summed E-state index contributed by atoms with van der Waals surface area (Å²) in [5.41, 5.74) is 3.36. The number of hydrogen-bond donors (Lipinski definition) is 1. The van der Waals surface area contributed by atoms with E-state index in [1.54, 1.807) is 26.1 Å². The molecule has 1 atom stereocenters. The lowest BCUT2D eigenvalue weighted by atomic mass is 9.85. The van der Waals surface area contributed by atoms with Crippen molar-refractivity contribution >= 4 is 5.97 Å². The first kappa shape index (κ1) is 20.3. The molecule has 1 aliphatic rings. The molecule has 7 nitrogen and oxygen atoms in total. The highest BCUT2D eigenvalue weighted by Gasteiger charge is 2.42. The highest BCUT2D eigenvalue weighted by atomic mass is 16.6. The number of nitro groups is 1. The molecular formula is C22H23N3O4. The first-order valence-corrected chi connectivity index (χ1v) is 9.35. The molecule has 0 bridgehead atoms. The molecule has 0 spiro atoms. The molecule has 3 rings (SSSR count). The van der Waals surface area contributed by atoms with E-state index in [2.05, 4.69) is 10.3 Å². The van der Waals surface area contributed by atoms with Gasteiger partial charge in [-0.05, 0) is 38.0 Å². The van der Waals surface area contributed by atoms with Crippen LogP contribution in [0.25, 0.3) is 0 Å². The summed E-state index contributed by atoms with van der Waals surface area (Å²) in [6.45, 7) is 5.36. The van der Waals surface area contributed by atoms with Crippen molar-refractivity contribution in [3.8, 4) is 0 Å². The van der Waals surface area contributed by atoms with Gasteiger partial charge in [-0.2, -0.15) is 0 Å². The number of aryl methyl sites for hydroxylation is 1. The maximum Gasteiger partial charge on any atom is 0.337 e. The van der Waals surface area contributed by atoms with Crippen molar-refractivity contribution < 1.29 is 14.5 Å². The van der Waals surface area contributed by atoms with Crippen molar-refractivity contribution in [3.05, 3.63) is 98.3 Å². The maximum absolute atomic E-state index is 13.0. The molecule has 0 saturated carbocycles. The van der Waals surface area contributed by atoms with Crippen molar-refractivity contribution in [1.29, 1.82) is 0 Å². The van der Waals surface area contributed by atoms with Crippen molar-refractivity contribution in [2.75, 3.05) is 6.61 Å². The Kier molecular flexibility index (Phi) is 6.07. The molecule has 0 fully saturated rings. The molecule has 1 N–H and O–H groups in total. The number of hydrogen-bond acceptors (Lipinski definition) is 6. The Morgan fingerprint density at radius 2 is 1.86 bits per heavy atom. The lowest BCUT2D eigenvalue weighted by molar-refractivity contribution is -0.431. The predicted molar refractivity (Wildman–Crippen MR) is 108 cm³/mol. The van der Waals surface area contributed by atoms with Crippen LogP contribution in [0.2, 0.25) is 0 Å². The third-order valence-electron chi connectivity index (χ3n) is 4.93. The number of ether oxygens (including phenoxy) is 1. The molecule has 0 saturated heterocycles. The van der Waals surface area contributed by atoms with Crippen LogP contribution in [0.3, 0.4) is 0 Å². The summed E-state index contributed by atoms with van der Waals surface area (Å²) in [5.74, 6) is -1.47. The minimum atomic E-state index is -0.892. The molecular weight excluding hydrogens is 370 g/mol. The number of carbonyl (C=O) groups excluding carboxylic acids is 1. The average Bonchev–Trinajstić information content (AvgIpc) is 2.68. The highest BCUT2D eigenvalue weighted by molar-refractivity contribution is 5.92. The highest BCUT2D eigenvalue weighted by Crippen LogP contribution is 2.39. The van der Waals surface area contributed by atoms with Gasteiger partial charge in [-0.1, -0.05) is 36.4 Å². The zero-order valence-corrected chi connectivity index (χ0v) is 16.6. The SMILES string of the molecule is CC1=C(C(=O)OCCc2ccccc2)C(c2ncccc2C)C([N+](=O)[O-])=C(C)N1. The molecule has 1 aliphatic heterocycles. The number of esters is 1. The number of nitrogens with zero attached hydrogens (tertiary/aromatic N) is 2. The Bertz CT molecular complexity index is 996. The molecule has 0 amide bonds. The van der Waals surface area contributed by atoms with Crippen LogP contribution in [-0.4, -0.2) is 22.5 Å². The lowest BCUT2D eigenvalue weighted by Crippen LogP contribution is -2.32. The van der Waals surface area contributed by atoms with E-state index in [0.717, 1.165) is 11.1 Å². The summed E-state index contributed by atoms with van der Waals surface area (Å²) in [6.07, 6.45) is 2.14. The van der Waals surface area contributed by atoms with Crippen molar-refractivity contribution in [2.45, 2.75) is 33.1 Å². The van der Waals surface area contributed by atoms with Crippen LogP contribution in [0.5, 0.6) is 0 Å². The minimum Gasteiger partial charge on any atom is -0.462 e. The fourth-order valence-corrected chi connectivity index (χ4v) is 3.55. The average molecular weight is 393 g/mol.